The quantitative estimate of drug-likeness (QED) is 0.576. The molecule has 0 unspecified atom stereocenters. The molecule has 158 valence electrons. The zero-order chi connectivity index (χ0) is 20.4. The predicted octanol–water partition coefficient (Wildman–Crippen LogP) is 2.35. The molecule has 28 heavy (non-hydrogen) atoms. The van der Waals surface area contributed by atoms with Crippen molar-refractivity contribution >= 4 is 17.8 Å². The number of rotatable bonds is 5. The second kappa shape index (κ2) is 8.39. The molecule has 1 heterocycles. The van der Waals surface area contributed by atoms with E-state index in [1.54, 1.807) is 11.9 Å². The summed E-state index contributed by atoms with van der Waals surface area (Å²) in [6.45, 7) is 0.392. The number of amides is 4. The van der Waals surface area contributed by atoms with Crippen LogP contribution in [0, 0.1) is 0 Å². The summed E-state index contributed by atoms with van der Waals surface area (Å²) >= 11 is 0. The van der Waals surface area contributed by atoms with Gasteiger partial charge in [0.25, 0.3) is 5.91 Å². The zero-order valence-corrected chi connectivity index (χ0v) is 17.8. The Labute approximate surface area is 168 Å². The molecule has 0 aromatic rings. The smallest absolute Gasteiger partial charge is 0.327 e. The topological polar surface area (TPSA) is 73.0 Å². The van der Waals surface area contributed by atoms with Gasteiger partial charge in [-0.2, -0.15) is 0 Å². The summed E-state index contributed by atoms with van der Waals surface area (Å²) in [4.78, 5) is 43.4. The van der Waals surface area contributed by atoms with E-state index in [0.717, 1.165) is 37.0 Å². The largest absolute Gasteiger partial charge is 0.353 e. The molecule has 1 saturated heterocycles. The number of nitrogens with zero attached hydrogens (tertiary/aromatic N) is 3. The Morgan fingerprint density at radius 3 is 2.07 bits per heavy atom. The molecular formula is C21H36N4O3. The first-order valence-electron chi connectivity index (χ1n) is 10.9. The summed E-state index contributed by atoms with van der Waals surface area (Å²) in [5, 5.41) is 3.03. The normalized spacial score (nSPS) is 24.7. The van der Waals surface area contributed by atoms with Crippen molar-refractivity contribution in [3.63, 3.8) is 0 Å². The van der Waals surface area contributed by atoms with Crippen LogP contribution in [-0.4, -0.2) is 77.9 Å². The number of carbonyl (C=O) groups is 3. The lowest BCUT2D eigenvalue weighted by Gasteiger charge is -2.39. The summed E-state index contributed by atoms with van der Waals surface area (Å²) in [6, 6.07) is -0.334. The molecule has 0 aromatic carbocycles. The summed E-state index contributed by atoms with van der Waals surface area (Å²) in [5.74, 6) is -0.430. The third-order valence-corrected chi connectivity index (χ3v) is 7.38. The van der Waals surface area contributed by atoms with E-state index in [-0.39, 0.29) is 29.9 Å². The van der Waals surface area contributed by atoms with Crippen LogP contribution in [0.25, 0.3) is 0 Å². The highest BCUT2D eigenvalue weighted by atomic mass is 16.2. The number of hydrogen-bond donors (Lipinski definition) is 1. The number of hydrogen-bond acceptors (Lipinski definition) is 4. The standard InChI is InChI=1S/C21H36N4O3/c1-23(2)20(11-7-4-5-8-12-20)16-22-17(26)15-25-18(27)21(24(3)19(25)28)13-9-6-10-14-21/h4-16H2,1-3H3,(H,22,26). The van der Waals surface area contributed by atoms with Gasteiger partial charge in [-0.1, -0.05) is 44.9 Å². The van der Waals surface area contributed by atoms with Crippen molar-refractivity contribution in [1.29, 1.82) is 0 Å². The van der Waals surface area contributed by atoms with Gasteiger partial charge >= 0.3 is 6.03 Å². The average molecular weight is 393 g/mol. The molecular weight excluding hydrogens is 356 g/mol. The number of likely N-dealkylation sites (N-methyl/N-ethyl adjacent to an activating group) is 2. The molecule has 2 aliphatic carbocycles. The molecule has 2 saturated carbocycles. The van der Waals surface area contributed by atoms with E-state index in [4.69, 9.17) is 0 Å². The Hall–Kier alpha value is -1.63. The first-order valence-corrected chi connectivity index (χ1v) is 10.9. The van der Waals surface area contributed by atoms with E-state index in [2.05, 4.69) is 24.3 Å². The molecule has 0 atom stereocenters. The van der Waals surface area contributed by atoms with E-state index in [1.807, 2.05) is 0 Å². The maximum Gasteiger partial charge on any atom is 0.327 e. The molecule has 0 bridgehead atoms. The van der Waals surface area contributed by atoms with Crippen LogP contribution in [0.1, 0.15) is 70.6 Å². The summed E-state index contributed by atoms with van der Waals surface area (Å²) in [5.41, 5.74) is -0.756. The molecule has 3 fully saturated rings. The molecule has 0 radical (unpaired) electrons. The monoisotopic (exact) mass is 392 g/mol. The van der Waals surface area contributed by atoms with Gasteiger partial charge in [0.1, 0.15) is 12.1 Å². The van der Waals surface area contributed by atoms with Crippen molar-refractivity contribution in [2.45, 2.75) is 81.7 Å². The highest BCUT2D eigenvalue weighted by Crippen LogP contribution is 2.39. The van der Waals surface area contributed by atoms with Crippen LogP contribution < -0.4 is 5.32 Å². The van der Waals surface area contributed by atoms with E-state index < -0.39 is 5.54 Å². The molecule has 1 spiro atoms. The van der Waals surface area contributed by atoms with Crippen LogP contribution in [0.15, 0.2) is 0 Å². The Bertz CT molecular complexity index is 605. The zero-order valence-electron chi connectivity index (χ0n) is 17.8. The van der Waals surface area contributed by atoms with Gasteiger partial charge in [0.15, 0.2) is 0 Å². The van der Waals surface area contributed by atoms with Crippen LogP contribution in [0.2, 0.25) is 0 Å². The van der Waals surface area contributed by atoms with Crippen molar-refractivity contribution in [2.75, 3.05) is 34.2 Å². The fraction of sp³-hybridized carbons (Fsp3) is 0.857. The van der Waals surface area contributed by atoms with E-state index >= 15 is 0 Å². The summed E-state index contributed by atoms with van der Waals surface area (Å²) in [6.07, 6.45) is 11.4. The van der Waals surface area contributed by atoms with Crippen molar-refractivity contribution < 1.29 is 14.4 Å². The second-order valence-corrected chi connectivity index (χ2v) is 9.13. The van der Waals surface area contributed by atoms with Crippen molar-refractivity contribution in [2.24, 2.45) is 0 Å². The van der Waals surface area contributed by atoms with E-state index in [9.17, 15) is 14.4 Å². The highest BCUT2D eigenvalue weighted by molar-refractivity contribution is 6.08. The molecule has 1 N–H and O–H groups in total. The SMILES string of the molecule is CN(C)C1(CNC(=O)CN2C(=O)N(C)C3(CCCCC3)C2=O)CCCCCC1. The summed E-state index contributed by atoms with van der Waals surface area (Å²) < 4.78 is 0. The van der Waals surface area contributed by atoms with Crippen LogP contribution >= 0.6 is 0 Å². The minimum absolute atomic E-state index is 0.0351. The van der Waals surface area contributed by atoms with Gasteiger partial charge in [-0.3, -0.25) is 14.5 Å². The third kappa shape index (κ3) is 3.78. The average Bonchev–Trinajstić information content (AvgIpc) is 2.89. The van der Waals surface area contributed by atoms with Crippen molar-refractivity contribution in [1.82, 2.24) is 20.0 Å². The molecule has 3 aliphatic rings. The Balaban J connectivity index is 1.62. The fourth-order valence-electron chi connectivity index (χ4n) is 5.30. The van der Waals surface area contributed by atoms with Crippen LogP contribution in [-0.2, 0) is 9.59 Å². The lowest BCUT2D eigenvalue weighted by Crippen LogP contribution is -2.54. The minimum atomic E-state index is -0.720. The van der Waals surface area contributed by atoms with E-state index in [1.165, 1.54) is 25.7 Å². The van der Waals surface area contributed by atoms with Gasteiger partial charge in [0.05, 0.1) is 0 Å². The molecule has 4 amide bonds. The van der Waals surface area contributed by atoms with Gasteiger partial charge in [-0.15, -0.1) is 0 Å². The number of carbonyl (C=O) groups excluding carboxylic acids is 3. The molecule has 1 aliphatic heterocycles. The highest BCUT2D eigenvalue weighted by Gasteiger charge is 2.55. The summed E-state index contributed by atoms with van der Waals surface area (Å²) in [7, 11) is 5.86. The molecule has 7 heteroatoms. The maximum atomic E-state index is 13.0. The number of nitrogens with one attached hydrogen (secondary N) is 1. The van der Waals surface area contributed by atoms with Gasteiger partial charge in [0, 0.05) is 19.1 Å². The third-order valence-electron chi connectivity index (χ3n) is 7.38. The van der Waals surface area contributed by atoms with Crippen LogP contribution in [0.3, 0.4) is 0 Å². The number of urea groups is 1. The second-order valence-electron chi connectivity index (χ2n) is 9.13. The van der Waals surface area contributed by atoms with Gasteiger partial charge in [0.2, 0.25) is 5.91 Å². The van der Waals surface area contributed by atoms with Gasteiger partial charge in [-0.25, -0.2) is 4.79 Å². The maximum absolute atomic E-state index is 13.0. The Morgan fingerprint density at radius 2 is 1.50 bits per heavy atom. The minimum Gasteiger partial charge on any atom is -0.353 e. The molecule has 0 aromatic heterocycles. The molecule has 7 nitrogen and oxygen atoms in total. The van der Waals surface area contributed by atoms with Crippen molar-refractivity contribution in [3.8, 4) is 0 Å². The predicted molar refractivity (Wildman–Crippen MR) is 108 cm³/mol. The lowest BCUT2D eigenvalue weighted by atomic mass is 9.81. The van der Waals surface area contributed by atoms with E-state index in [0.29, 0.717) is 19.4 Å². The van der Waals surface area contributed by atoms with Gasteiger partial charge in [-0.05, 0) is 39.8 Å². The lowest BCUT2D eigenvalue weighted by molar-refractivity contribution is -0.137. The van der Waals surface area contributed by atoms with Gasteiger partial charge < -0.3 is 15.1 Å². The van der Waals surface area contributed by atoms with Crippen LogP contribution in [0.5, 0.6) is 0 Å². The number of imide groups is 1. The van der Waals surface area contributed by atoms with Crippen LogP contribution in [0.4, 0.5) is 4.79 Å². The molecule has 3 rings (SSSR count). The fourth-order valence-corrected chi connectivity index (χ4v) is 5.30. The Morgan fingerprint density at radius 1 is 0.964 bits per heavy atom. The van der Waals surface area contributed by atoms with Crippen molar-refractivity contribution in [3.05, 3.63) is 0 Å². The first kappa shape index (κ1) is 21.1. The Kier molecular flexibility index (Phi) is 6.32. The first-order chi connectivity index (χ1) is 13.3.